The highest BCUT2D eigenvalue weighted by atomic mass is 16.6. The molecule has 1 fully saturated rings. The van der Waals surface area contributed by atoms with Gasteiger partial charge in [0, 0.05) is 6.42 Å². The van der Waals surface area contributed by atoms with E-state index in [1.54, 1.807) is 0 Å². The van der Waals surface area contributed by atoms with Gasteiger partial charge in [0.25, 0.3) is 0 Å². The first-order valence-corrected chi connectivity index (χ1v) is 6.30. The van der Waals surface area contributed by atoms with Crippen LogP contribution in [-0.4, -0.2) is 30.4 Å². The standard InChI is InChI=1S/C14H18O4/c15-14(16)8-4-2-6-11-5-1-3-7-13(11)18-10-12-9-17-12/h1,3,5,7,12H,2,4,6,8-10H2,(H,15,16). The van der Waals surface area contributed by atoms with Crippen LogP contribution < -0.4 is 4.74 Å². The number of carbonyl (C=O) groups is 1. The van der Waals surface area contributed by atoms with E-state index in [1.165, 1.54) is 0 Å². The van der Waals surface area contributed by atoms with E-state index in [0.717, 1.165) is 30.8 Å². The first-order valence-electron chi connectivity index (χ1n) is 6.30. The average molecular weight is 250 g/mol. The molecule has 1 aromatic rings. The zero-order chi connectivity index (χ0) is 12.8. The SMILES string of the molecule is O=C(O)CCCCc1ccccc1OCC1CO1. The Labute approximate surface area is 107 Å². The summed E-state index contributed by atoms with van der Waals surface area (Å²) >= 11 is 0. The maximum absolute atomic E-state index is 10.4. The molecular formula is C14H18O4. The number of epoxide rings is 1. The minimum Gasteiger partial charge on any atom is -0.491 e. The third-order valence-corrected chi connectivity index (χ3v) is 2.89. The summed E-state index contributed by atoms with van der Waals surface area (Å²) in [5.41, 5.74) is 1.14. The van der Waals surface area contributed by atoms with E-state index < -0.39 is 5.97 Å². The number of carboxylic acid groups (broad SMARTS) is 1. The van der Waals surface area contributed by atoms with Crippen molar-refractivity contribution in [1.82, 2.24) is 0 Å². The van der Waals surface area contributed by atoms with Crippen molar-refractivity contribution < 1.29 is 19.4 Å². The van der Waals surface area contributed by atoms with Gasteiger partial charge in [0.1, 0.15) is 18.5 Å². The van der Waals surface area contributed by atoms with Crippen molar-refractivity contribution in [2.75, 3.05) is 13.2 Å². The highest BCUT2D eigenvalue weighted by Crippen LogP contribution is 2.22. The Kier molecular flexibility index (Phi) is 4.59. The fraction of sp³-hybridized carbons (Fsp3) is 0.500. The van der Waals surface area contributed by atoms with Gasteiger partial charge in [-0.25, -0.2) is 0 Å². The lowest BCUT2D eigenvalue weighted by Crippen LogP contribution is -2.06. The van der Waals surface area contributed by atoms with Gasteiger partial charge in [0.15, 0.2) is 0 Å². The molecule has 0 bridgehead atoms. The molecule has 4 nitrogen and oxygen atoms in total. The predicted molar refractivity (Wildman–Crippen MR) is 66.9 cm³/mol. The molecule has 1 N–H and O–H groups in total. The summed E-state index contributed by atoms with van der Waals surface area (Å²) < 4.78 is 10.8. The van der Waals surface area contributed by atoms with E-state index >= 15 is 0 Å². The molecular weight excluding hydrogens is 232 g/mol. The van der Waals surface area contributed by atoms with Gasteiger partial charge in [-0.05, 0) is 30.9 Å². The molecule has 1 heterocycles. The summed E-state index contributed by atoms with van der Waals surface area (Å²) in [6.45, 7) is 1.40. The second kappa shape index (κ2) is 6.40. The number of rotatable bonds is 8. The molecule has 1 saturated heterocycles. The van der Waals surface area contributed by atoms with E-state index in [4.69, 9.17) is 14.6 Å². The van der Waals surface area contributed by atoms with Crippen LogP contribution in [-0.2, 0) is 16.0 Å². The van der Waals surface area contributed by atoms with Crippen LogP contribution in [0.5, 0.6) is 5.75 Å². The van der Waals surface area contributed by atoms with Crippen molar-refractivity contribution >= 4 is 5.97 Å². The largest absolute Gasteiger partial charge is 0.491 e. The van der Waals surface area contributed by atoms with E-state index in [-0.39, 0.29) is 12.5 Å². The van der Waals surface area contributed by atoms with Crippen molar-refractivity contribution in [3.8, 4) is 5.75 Å². The summed E-state index contributed by atoms with van der Waals surface area (Å²) in [6.07, 6.45) is 2.92. The smallest absolute Gasteiger partial charge is 0.303 e. The molecule has 1 unspecified atom stereocenters. The monoisotopic (exact) mass is 250 g/mol. The van der Waals surface area contributed by atoms with Crippen molar-refractivity contribution in [2.24, 2.45) is 0 Å². The Morgan fingerprint density at radius 3 is 2.89 bits per heavy atom. The van der Waals surface area contributed by atoms with E-state index in [1.807, 2.05) is 24.3 Å². The van der Waals surface area contributed by atoms with Crippen LogP contribution in [0.25, 0.3) is 0 Å². The number of benzene rings is 1. The normalized spacial score (nSPS) is 17.4. The molecule has 1 atom stereocenters. The fourth-order valence-corrected chi connectivity index (χ4v) is 1.79. The van der Waals surface area contributed by atoms with Crippen LogP contribution in [0.4, 0.5) is 0 Å². The summed E-state index contributed by atoms with van der Waals surface area (Å²) in [7, 11) is 0. The van der Waals surface area contributed by atoms with Crippen LogP contribution in [0.3, 0.4) is 0 Å². The minimum absolute atomic E-state index is 0.235. The summed E-state index contributed by atoms with van der Waals surface area (Å²) in [6, 6.07) is 7.91. The number of ether oxygens (including phenoxy) is 2. The van der Waals surface area contributed by atoms with Gasteiger partial charge in [-0.3, -0.25) is 4.79 Å². The summed E-state index contributed by atoms with van der Waals surface area (Å²) in [4.78, 5) is 10.4. The van der Waals surface area contributed by atoms with Gasteiger partial charge in [-0.1, -0.05) is 18.2 Å². The highest BCUT2D eigenvalue weighted by molar-refractivity contribution is 5.66. The van der Waals surface area contributed by atoms with Crippen LogP contribution >= 0.6 is 0 Å². The van der Waals surface area contributed by atoms with Crippen LogP contribution in [0.2, 0.25) is 0 Å². The van der Waals surface area contributed by atoms with Crippen molar-refractivity contribution in [1.29, 1.82) is 0 Å². The minimum atomic E-state index is -0.731. The molecule has 1 aromatic carbocycles. The lowest BCUT2D eigenvalue weighted by molar-refractivity contribution is -0.137. The number of para-hydroxylation sites is 1. The maximum Gasteiger partial charge on any atom is 0.303 e. The first kappa shape index (κ1) is 12.9. The number of aliphatic carboxylic acids is 1. The zero-order valence-corrected chi connectivity index (χ0v) is 10.3. The Bertz CT molecular complexity index is 399. The third kappa shape index (κ3) is 4.37. The molecule has 1 aliphatic heterocycles. The molecule has 18 heavy (non-hydrogen) atoms. The Morgan fingerprint density at radius 1 is 1.39 bits per heavy atom. The van der Waals surface area contributed by atoms with Gasteiger partial charge in [0.2, 0.25) is 0 Å². The topological polar surface area (TPSA) is 59.1 Å². The van der Waals surface area contributed by atoms with Gasteiger partial charge in [0.05, 0.1) is 6.61 Å². The van der Waals surface area contributed by atoms with Crippen LogP contribution in [0.1, 0.15) is 24.8 Å². The number of carboxylic acids is 1. The number of hydrogen-bond acceptors (Lipinski definition) is 3. The predicted octanol–water partition coefficient (Wildman–Crippen LogP) is 2.26. The molecule has 0 saturated carbocycles. The average Bonchev–Trinajstić information content (AvgIpc) is 3.17. The Hall–Kier alpha value is -1.55. The summed E-state index contributed by atoms with van der Waals surface area (Å²) in [5, 5.41) is 8.58. The number of unbranched alkanes of at least 4 members (excludes halogenated alkanes) is 1. The fourth-order valence-electron chi connectivity index (χ4n) is 1.79. The number of hydrogen-bond donors (Lipinski definition) is 1. The molecule has 0 aliphatic carbocycles. The summed E-state index contributed by atoms with van der Waals surface area (Å²) in [5.74, 6) is 0.161. The number of aryl methyl sites for hydroxylation is 1. The van der Waals surface area contributed by atoms with Crippen molar-refractivity contribution in [3.63, 3.8) is 0 Å². The van der Waals surface area contributed by atoms with Crippen molar-refractivity contribution in [3.05, 3.63) is 29.8 Å². The molecule has 0 amide bonds. The van der Waals surface area contributed by atoms with E-state index in [2.05, 4.69) is 0 Å². The van der Waals surface area contributed by atoms with Gasteiger partial charge in [-0.2, -0.15) is 0 Å². The van der Waals surface area contributed by atoms with E-state index in [0.29, 0.717) is 13.0 Å². The van der Waals surface area contributed by atoms with Crippen molar-refractivity contribution in [2.45, 2.75) is 31.8 Å². The quantitative estimate of drug-likeness (QED) is 0.568. The van der Waals surface area contributed by atoms with E-state index in [9.17, 15) is 4.79 Å². The Morgan fingerprint density at radius 2 is 2.17 bits per heavy atom. The molecule has 1 aliphatic rings. The molecule has 2 rings (SSSR count). The Balaban J connectivity index is 1.79. The molecule has 98 valence electrons. The molecule has 0 spiro atoms. The lowest BCUT2D eigenvalue weighted by Gasteiger charge is -2.10. The molecule has 4 heteroatoms. The van der Waals surface area contributed by atoms with Gasteiger partial charge >= 0.3 is 5.97 Å². The van der Waals surface area contributed by atoms with Crippen LogP contribution in [0.15, 0.2) is 24.3 Å². The second-order valence-electron chi connectivity index (χ2n) is 4.47. The lowest BCUT2D eigenvalue weighted by atomic mass is 10.1. The van der Waals surface area contributed by atoms with Crippen LogP contribution in [0, 0.1) is 0 Å². The highest BCUT2D eigenvalue weighted by Gasteiger charge is 2.23. The first-order chi connectivity index (χ1) is 8.75. The molecule has 0 aromatic heterocycles. The van der Waals surface area contributed by atoms with Gasteiger partial charge < -0.3 is 14.6 Å². The zero-order valence-electron chi connectivity index (χ0n) is 10.3. The maximum atomic E-state index is 10.4. The second-order valence-corrected chi connectivity index (χ2v) is 4.47. The third-order valence-electron chi connectivity index (χ3n) is 2.89. The van der Waals surface area contributed by atoms with Gasteiger partial charge in [-0.15, -0.1) is 0 Å². The molecule has 0 radical (unpaired) electrons.